The predicted molar refractivity (Wildman–Crippen MR) is 154 cm³/mol. The summed E-state index contributed by atoms with van der Waals surface area (Å²) in [5.41, 5.74) is 2.31. The average Bonchev–Trinajstić information content (AvgIpc) is 3.28. The Kier molecular flexibility index (Phi) is 7.77. The maximum atomic E-state index is 14.0. The first-order chi connectivity index (χ1) is 19.4. The summed E-state index contributed by atoms with van der Waals surface area (Å²) in [6.45, 7) is 1.89. The zero-order valence-electron chi connectivity index (χ0n) is 21.9. The molecule has 1 aliphatic rings. The molecule has 1 aliphatic heterocycles. The Bertz CT molecular complexity index is 1770. The molecule has 2 heterocycles. The number of phenolic OH excluding ortho intramolecular Hbond substituents is 1. The molecule has 1 N–H and O–H groups in total. The number of benzene rings is 3. The summed E-state index contributed by atoms with van der Waals surface area (Å²) in [4.78, 5) is 32.7. The maximum Gasteiger partial charge on any atom is 0.338 e. The molecular weight excluding hydrogens is 552 g/mol. The van der Waals surface area contributed by atoms with E-state index in [1.54, 1.807) is 49.4 Å². The van der Waals surface area contributed by atoms with Crippen LogP contribution in [0.15, 0.2) is 82.1 Å². The van der Waals surface area contributed by atoms with Crippen molar-refractivity contribution in [2.24, 2.45) is 4.99 Å². The Hall–Kier alpha value is -4.34. The number of thiazole rings is 1. The van der Waals surface area contributed by atoms with Crippen LogP contribution in [-0.2, 0) is 9.53 Å². The molecule has 0 radical (unpaired) electrons. The van der Waals surface area contributed by atoms with Crippen LogP contribution in [0.2, 0.25) is 5.02 Å². The molecule has 5 rings (SSSR count). The lowest BCUT2D eigenvalue weighted by atomic mass is 9.93. The van der Waals surface area contributed by atoms with Crippen molar-refractivity contribution in [2.45, 2.75) is 13.0 Å². The van der Waals surface area contributed by atoms with Crippen LogP contribution in [0.3, 0.4) is 0 Å². The Labute approximate surface area is 238 Å². The number of methoxy groups -OCH3 is 2. The summed E-state index contributed by atoms with van der Waals surface area (Å²) in [5.74, 6) is -0.299. The SMILES string of the molecule is CCOC(=O)C1=C(c2ccccc2)N=c2s/c(=C/c3cc(OC)c(O)c(OC)c3)c(=O)n2[C@@H]1c1ccc(Cl)cc1. The summed E-state index contributed by atoms with van der Waals surface area (Å²) < 4.78 is 17.9. The first-order valence-corrected chi connectivity index (χ1v) is 13.5. The highest BCUT2D eigenvalue weighted by atomic mass is 35.5. The largest absolute Gasteiger partial charge is 0.502 e. The van der Waals surface area contributed by atoms with Gasteiger partial charge in [0.05, 0.1) is 42.7 Å². The van der Waals surface area contributed by atoms with Gasteiger partial charge in [0.1, 0.15) is 0 Å². The van der Waals surface area contributed by atoms with E-state index in [1.807, 2.05) is 30.3 Å². The van der Waals surface area contributed by atoms with Crippen molar-refractivity contribution >= 4 is 40.7 Å². The van der Waals surface area contributed by atoms with Gasteiger partial charge in [0.25, 0.3) is 5.56 Å². The fourth-order valence-corrected chi connectivity index (χ4v) is 5.68. The van der Waals surface area contributed by atoms with Crippen LogP contribution in [0.4, 0.5) is 0 Å². The van der Waals surface area contributed by atoms with Gasteiger partial charge < -0.3 is 19.3 Å². The number of nitrogens with zero attached hydrogens (tertiary/aromatic N) is 2. The molecule has 3 aromatic carbocycles. The molecule has 1 atom stereocenters. The third kappa shape index (κ3) is 5.01. The number of carbonyl (C=O) groups excluding carboxylic acids is 1. The second-order valence-electron chi connectivity index (χ2n) is 8.76. The van der Waals surface area contributed by atoms with Crippen LogP contribution < -0.4 is 24.4 Å². The molecule has 1 aromatic heterocycles. The average molecular weight is 577 g/mol. The first-order valence-electron chi connectivity index (χ1n) is 12.3. The second-order valence-corrected chi connectivity index (χ2v) is 10.2. The number of hydrogen-bond donors (Lipinski definition) is 1. The zero-order chi connectivity index (χ0) is 28.4. The number of halogens is 1. The molecule has 204 valence electrons. The van der Waals surface area contributed by atoms with Crippen LogP contribution in [0.1, 0.15) is 29.7 Å². The molecular formula is C30H25ClN2O6S. The van der Waals surface area contributed by atoms with Gasteiger partial charge in [-0.1, -0.05) is 65.4 Å². The van der Waals surface area contributed by atoms with Gasteiger partial charge in [-0.2, -0.15) is 0 Å². The minimum absolute atomic E-state index is 0.141. The predicted octanol–water partition coefficient (Wildman–Crippen LogP) is 4.31. The van der Waals surface area contributed by atoms with Gasteiger partial charge in [0.2, 0.25) is 5.75 Å². The summed E-state index contributed by atoms with van der Waals surface area (Å²) in [6, 6.07) is 18.7. The molecule has 8 nitrogen and oxygen atoms in total. The standard InChI is InChI=1S/C30H25ClN2O6S/c1-4-39-29(36)24-25(18-8-6-5-7-9-18)32-30-33(26(24)19-10-12-20(31)13-11-19)28(35)23(40-30)16-17-14-21(37-2)27(34)22(15-17)38-3/h5-16,26,34H,4H2,1-3H3/b23-16+/t26-/m1/s1. The van der Waals surface area contributed by atoms with Crippen molar-refractivity contribution in [2.75, 3.05) is 20.8 Å². The van der Waals surface area contributed by atoms with E-state index in [2.05, 4.69) is 0 Å². The van der Waals surface area contributed by atoms with Crippen molar-refractivity contribution in [3.8, 4) is 17.2 Å². The van der Waals surface area contributed by atoms with Crippen LogP contribution in [0.5, 0.6) is 17.2 Å². The van der Waals surface area contributed by atoms with Crippen molar-refractivity contribution in [3.63, 3.8) is 0 Å². The molecule has 10 heteroatoms. The number of aromatic nitrogens is 1. The zero-order valence-corrected chi connectivity index (χ0v) is 23.5. The third-order valence-corrected chi connectivity index (χ3v) is 7.59. The quantitative estimate of drug-likeness (QED) is 0.329. The van der Waals surface area contributed by atoms with E-state index in [9.17, 15) is 14.7 Å². The molecule has 40 heavy (non-hydrogen) atoms. The van der Waals surface area contributed by atoms with E-state index in [0.717, 1.165) is 5.56 Å². The van der Waals surface area contributed by atoms with Crippen molar-refractivity contribution < 1.29 is 24.1 Å². The Morgan fingerprint density at radius 1 is 1.07 bits per heavy atom. The fourth-order valence-electron chi connectivity index (χ4n) is 4.55. The number of ether oxygens (including phenoxy) is 3. The van der Waals surface area contributed by atoms with Crippen LogP contribution in [0, 0.1) is 0 Å². The van der Waals surface area contributed by atoms with E-state index in [0.29, 0.717) is 31.2 Å². The molecule has 4 aromatic rings. The van der Waals surface area contributed by atoms with Crippen LogP contribution >= 0.6 is 22.9 Å². The van der Waals surface area contributed by atoms with Crippen LogP contribution in [-0.4, -0.2) is 36.5 Å². The number of phenols is 1. The normalized spacial score (nSPS) is 14.9. The first kappa shape index (κ1) is 27.2. The Morgan fingerprint density at radius 2 is 1.73 bits per heavy atom. The Balaban J connectivity index is 1.81. The molecule has 0 fully saturated rings. The van der Waals surface area contributed by atoms with E-state index < -0.39 is 12.0 Å². The van der Waals surface area contributed by atoms with Gasteiger partial charge in [0, 0.05) is 10.6 Å². The number of rotatable bonds is 7. The van der Waals surface area contributed by atoms with Gasteiger partial charge >= 0.3 is 5.97 Å². The number of carbonyl (C=O) groups is 1. The maximum absolute atomic E-state index is 14.0. The van der Waals surface area contributed by atoms with Gasteiger partial charge in [0.15, 0.2) is 16.3 Å². The van der Waals surface area contributed by atoms with E-state index in [-0.39, 0.29) is 35.0 Å². The molecule has 0 aliphatic carbocycles. The second kappa shape index (κ2) is 11.4. The fraction of sp³-hybridized carbons (Fsp3) is 0.167. The highest BCUT2D eigenvalue weighted by Crippen LogP contribution is 2.38. The summed E-state index contributed by atoms with van der Waals surface area (Å²) in [6.07, 6.45) is 1.67. The molecule has 0 unspecified atom stereocenters. The minimum Gasteiger partial charge on any atom is -0.502 e. The van der Waals surface area contributed by atoms with Gasteiger partial charge in [-0.25, -0.2) is 9.79 Å². The van der Waals surface area contributed by atoms with Crippen molar-refractivity contribution in [1.82, 2.24) is 4.57 Å². The minimum atomic E-state index is -0.811. The molecule has 0 spiro atoms. The highest BCUT2D eigenvalue weighted by molar-refractivity contribution is 7.07. The van der Waals surface area contributed by atoms with Gasteiger partial charge in [-0.05, 0) is 48.4 Å². The molecule has 0 saturated heterocycles. The van der Waals surface area contributed by atoms with Crippen LogP contribution in [0.25, 0.3) is 11.8 Å². The van der Waals surface area contributed by atoms with Crippen molar-refractivity contribution in [3.05, 3.63) is 114 Å². The number of aromatic hydroxyl groups is 1. The third-order valence-electron chi connectivity index (χ3n) is 6.36. The molecule has 0 bridgehead atoms. The smallest absolute Gasteiger partial charge is 0.338 e. The molecule has 0 saturated carbocycles. The Morgan fingerprint density at radius 3 is 2.33 bits per heavy atom. The lowest BCUT2D eigenvalue weighted by molar-refractivity contribution is -0.138. The monoisotopic (exact) mass is 576 g/mol. The lowest BCUT2D eigenvalue weighted by Crippen LogP contribution is -2.40. The number of esters is 1. The van der Waals surface area contributed by atoms with Crippen molar-refractivity contribution in [1.29, 1.82) is 0 Å². The highest BCUT2D eigenvalue weighted by Gasteiger charge is 2.35. The van der Waals surface area contributed by atoms with E-state index >= 15 is 0 Å². The number of fused-ring (bicyclic) bond motifs is 1. The lowest BCUT2D eigenvalue weighted by Gasteiger charge is -2.25. The van der Waals surface area contributed by atoms with Gasteiger partial charge in [-0.3, -0.25) is 9.36 Å². The number of hydrogen-bond acceptors (Lipinski definition) is 8. The topological polar surface area (TPSA) is 99.4 Å². The van der Waals surface area contributed by atoms with E-state index in [4.69, 9.17) is 30.8 Å². The summed E-state index contributed by atoms with van der Waals surface area (Å²) >= 11 is 7.37. The summed E-state index contributed by atoms with van der Waals surface area (Å²) in [5, 5.41) is 10.8. The molecule has 0 amide bonds. The summed E-state index contributed by atoms with van der Waals surface area (Å²) in [7, 11) is 2.86. The van der Waals surface area contributed by atoms with E-state index in [1.165, 1.54) is 30.1 Å². The van der Waals surface area contributed by atoms with Gasteiger partial charge in [-0.15, -0.1) is 0 Å².